The summed E-state index contributed by atoms with van der Waals surface area (Å²) in [5.41, 5.74) is 2.54. The van der Waals surface area contributed by atoms with Crippen molar-refractivity contribution >= 4 is 12.0 Å². The van der Waals surface area contributed by atoms with Crippen LogP contribution in [0.2, 0.25) is 0 Å². The minimum Gasteiger partial charge on any atom is -0.497 e. The lowest BCUT2D eigenvalue weighted by atomic mass is 10.0. The molecule has 0 unspecified atom stereocenters. The van der Waals surface area contributed by atoms with Crippen LogP contribution in [0.1, 0.15) is 25.3 Å². The van der Waals surface area contributed by atoms with E-state index < -0.39 is 0 Å². The number of benzene rings is 1. The zero-order chi connectivity index (χ0) is 17.5. The molecule has 132 valence electrons. The van der Waals surface area contributed by atoms with E-state index in [4.69, 9.17) is 4.74 Å². The van der Waals surface area contributed by atoms with Gasteiger partial charge < -0.3 is 15.0 Å². The Hall–Kier alpha value is -2.40. The lowest BCUT2D eigenvalue weighted by molar-refractivity contribution is 0.415. The number of rotatable bonds is 6. The number of hydrogen-bond donors (Lipinski definition) is 1. The van der Waals surface area contributed by atoms with Crippen LogP contribution in [-0.2, 0) is 0 Å². The van der Waals surface area contributed by atoms with E-state index in [1.165, 1.54) is 11.1 Å². The Kier molecular flexibility index (Phi) is 6.01. The summed E-state index contributed by atoms with van der Waals surface area (Å²) in [6.07, 6.45) is 8.07. The summed E-state index contributed by atoms with van der Waals surface area (Å²) in [7, 11) is 1.69. The molecule has 3 rings (SSSR count). The molecule has 0 atom stereocenters. The fraction of sp³-hybridized carbons (Fsp3) is 0.400. The number of nitrogens with zero attached hydrogens (tertiary/aromatic N) is 3. The molecular formula is C20H26N4O. The summed E-state index contributed by atoms with van der Waals surface area (Å²) in [4.78, 5) is 10.9. The highest BCUT2D eigenvalue weighted by atomic mass is 16.5. The first-order valence-corrected chi connectivity index (χ1v) is 8.81. The second-order valence-electron chi connectivity index (χ2n) is 6.45. The number of piperidine rings is 1. The zero-order valence-corrected chi connectivity index (χ0v) is 15.0. The van der Waals surface area contributed by atoms with Crippen LogP contribution < -0.4 is 15.0 Å². The summed E-state index contributed by atoms with van der Waals surface area (Å²) in [5.74, 6) is 1.73. The average molecular weight is 338 g/mol. The van der Waals surface area contributed by atoms with Crippen molar-refractivity contribution in [3.05, 3.63) is 53.9 Å². The molecule has 0 spiro atoms. The summed E-state index contributed by atoms with van der Waals surface area (Å²) in [6, 6.07) is 10.6. The Bertz CT molecular complexity index is 677. The van der Waals surface area contributed by atoms with Crippen LogP contribution in [0.5, 0.6) is 5.75 Å². The van der Waals surface area contributed by atoms with E-state index >= 15 is 0 Å². The van der Waals surface area contributed by atoms with Gasteiger partial charge in [-0.25, -0.2) is 9.97 Å². The van der Waals surface area contributed by atoms with Gasteiger partial charge in [-0.05, 0) is 43.5 Å². The van der Waals surface area contributed by atoms with Crippen LogP contribution in [-0.4, -0.2) is 42.8 Å². The molecule has 1 aliphatic rings. The van der Waals surface area contributed by atoms with E-state index in [0.29, 0.717) is 6.04 Å². The second kappa shape index (κ2) is 8.62. The molecule has 5 heteroatoms. The molecule has 1 aliphatic heterocycles. The number of ether oxygens (including phenoxy) is 1. The third-order valence-electron chi connectivity index (χ3n) is 4.53. The highest BCUT2D eigenvalue weighted by Crippen LogP contribution is 2.16. The van der Waals surface area contributed by atoms with Gasteiger partial charge in [0.15, 0.2) is 0 Å². The van der Waals surface area contributed by atoms with E-state index in [0.717, 1.165) is 44.2 Å². The predicted octanol–water partition coefficient (Wildman–Crippen LogP) is 3.15. The maximum atomic E-state index is 5.20. The van der Waals surface area contributed by atoms with Crippen LogP contribution in [0.3, 0.4) is 0 Å². The monoisotopic (exact) mass is 338 g/mol. The molecule has 0 amide bonds. The van der Waals surface area contributed by atoms with Gasteiger partial charge in [-0.15, -0.1) is 0 Å². The van der Waals surface area contributed by atoms with Crippen LogP contribution in [0.25, 0.3) is 6.08 Å². The molecule has 0 saturated carbocycles. The number of anilines is 1. The Balaban J connectivity index is 1.45. The van der Waals surface area contributed by atoms with Crippen LogP contribution in [0, 0.1) is 0 Å². The van der Waals surface area contributed by atoms with E-state index in [9.17, 15) is 0 Å². The Morgan fingerprint density at radius 2 is 1.88 bits per heavy atom. The molecule has 0 radical (unpaired) electrons. The molecule has 1 saturated heterocycles. The van der Waals surface area contributed by atoms with Gasteiger partial charge >= 0.3 is 0 Å². The standard InChI is InChI=1S/C20H26N4O/c1-16(14-17-4-6-19(25-2)7-5-17)15-23-18-8-12-24(13-9-18)20-21-10-3-11-22-20/h3-7,10-11,14,18,23H,8-9,12-13,15H2,1-2H3/b16-14+. The molecule has 1 fully saturated rings. The van der Waals surface area contributed by atoms with Crippen molar-refractivity contribution in [3.63, 3.8) is 0 Å². The van der Waals surface area contributed by atoms with Crippen LogP contribution >= 0.6 is 0 Å². The first-order valence-electron chi connectivity index (χ1n) is 8.81. The summed E-state index contributed by atoms with van der Waals surface area (Å²) in [5, 5.41) is 3.68. The minimum absolute atomic E-state index is 0.555. The van der Waals surface area contributed by atoms with Crippen molar-refractivity contribution in [1.29, 1.82) is 0 Å². The van der Waals surface area contributed by atoms with Crippen molar-refractivity contribution in [2.24, 2.45) is 0 Å². The quantitative estimate of drug-likeness (QED) is 0.877. The van der Waals surface area contributed by atoms with Gasteiger partial charge in [0, 0.05) is 38.1 Å². The molecule has 0 bridgehead atoms. The fourth-order valence-corrected chi connectivity index (χ4v) is 3.08. The minimum atomic E-state index is 0.555. The molecule has 0 aliphatic carbocycles. The second-order valence-corrected chi connectivity index (χ2v) is 6.45. The zero-order valence-electron chi connectivity index (χ0n) is 15.0. The molecule has 5 nitrogen and oxygen atoms in total. The van der Waals surface area contributed by atoms with Crippen LogP contribution in [0.4, 0.5) is 5.95 Å². The molecule has 2 heterocycles. The molecule has 1 N–H and O–H groups in total. The van der Waals surface area contributed by atoms with Crippen molar-refractivity contribution in [2.45, 2.75) is 25.8 Å². The Morgan fingerprint density at radius 1 is 1.20 bits per heavy atom. The normalized spacial score (nSPS) is 16.1. The number of methoxy groups -OCH3 is 1. The van der Waals surface area contributed by atoms with Crippen LogP contribution in [0.15, 0.2) is 48.3 Å². The lowest BCUT2D eigenvalue weighted by Crippen LogP contribution is -2.43. The van der Waals surface area contributed by atoms with E-state index in [1.807, 2.05) is 18.2 Å². The SMILES string of the molecule is COc1ccc(/C=C(\C)CNC2CCN(c3ncccn3)CC2)cc1. The first-order chi connectivity index (χ1) is 12.2. The van der Waals surface area contributed by atoms with Gasteiger partial charge in [-0.2, -0.15) is 0 Å². The summed E-state index contributed by atoms with van der Waals surface area (Å²) < 4.78 is 5.20. The Labute approximate surface area is 149 Å². The molecule has 1 aromatic carbocycles. The maximum absolute atomic E-state index is 5.20. The third kappa shape index (κ3) is 5.03. The van der Waals surface area contributed by atoms with Gasteiger partial charge in [0.05, 0.1) is 7.11 Å². The molecule has 1 aromatic heterocycles. The number of hydrogen-bond acceptors (Lipinski definition) is 5. The van der Waals surface area contributed by atoms with Gasteiger partial charge in [-0.1, -0.05) is 23.8 Å². The number of aromatic nitrogens is 2. The van der Waals surface area contributed by atoms with Gasteiger partial charge in [0.2, 0.25) is 5.95 Å². The summed E-state index contributed by atoms with van der Waals surface area (Å²) >= 11 is 0. The van der Waals surface area contributed by atoms with E-state index in [-0.39, 0.29) is 0 Å². The average Bonchev–Trinajstić information content (AvgIpc) is 2.68. The predicted molar refractivity (Wildman–Crippen MR) is 102 cm³/mol. The van der Waals surface area contributed by atoms with Crippen molar-refractivity contribution < 1.29 is 4.74 Å². The van der Waals surface area contributed by atoms with Crippen molar-refractivity contribution in [1.82, 2.24) is 15.3 Å². The summed E-state index contributed by atoms with van der Waals surface area (Å²) in [6.45, 7) is 5.09. The molecule has 25 heavy (non-hydrogen) atoms. The Morgan fingerprint density at radius 3 is 2.52 bits per heavy atom. The van der Waals surface area contributed by atoms with E-state index in [1.54, 1.807) is 19.5 Å². The smallest absolute Gasteiger partial charge is 0.225 e. The maximum Gasteiger partial charge on any atom is 0.225 e. The third-order valence-corrected chi connectivity index (χ3v) is 4.53. The molecular weight excluding hydrogens is 312 g/mol. The lowest BCUT2D eigenvalue weighted by Gasteiger charge is -2.32. The first kappa shape index (κ1) is 17.4. The van der Waals surface area contributed by atoms with E-state index in [2.05, 4.69) is 45.3 Å². The highest BCUT2D eigenvalue weighted by molar-refractivity contribution is 5.53. The fourth-order valence-electron chi connectivity index (χ4n) is 3.08. The van der Waals surface area contributed by atoms with Gasteiger partial charge in [0.1, 0.15) is 5.75 Å². The van der Waals surface area contributed by atoms with Crippen molar-refractivity contribution in [3.8, 4) is 5.75 Å². The van der Waals surface area contributed by atoms with Gasteiger partial charge in [-0.3, -0.25) is 0 Å². The molecule has 2 aromatic rings. The highest BCUT2D eigenvalue weighted by Gasteiger charge is 2.20. The largest absolute Gasteiger partial charge is 0.497 e. The van der Waals surface area contributed by atoms with Gasteiger partial charge in [0.25, 0.3) is 0 Å². The topological polar surface area (TPSA) is 50.3 Å². The number of nitrogens with one attached hydrogen (secondary N) is 1. The van der Waals surface area contributed by atoms with Crippen molar-refractivity contribution in [2.75, 3.05) is 31.6 Å².